The molecule has 0 atom stereocenters. The van der Waals surface area contributed by atoms with E-state index in [2.05, 4.69) is 20.9 Å². The molecule has 0 radical (unpaired) electrons. The quantitative estimate of drug-likeness (QED) is 0.267. The van der Waals surface area contributed by atoms with Gasteiger partial charge in [0.25, 0.3) is 0 Å². The van der Waals surface area contributed by atoms with Crippen LogP contribution < -0.4 is 4.80 Å². The summed E-state index contributed by atoms with van der Waals surface area (Å²) in [6, 6.07) is 16.3. The van der Waals surface area contributed by atoms with Crippen molar-refractivity contribution in [1.82, 2.24) is 14.0 Å². The van der Waals surface area contributed by atoms with E-state index in [4.69, 9.17) is 19.2 Å². The van der Waals surface area contributed by atoms with Crippen molar-refractivity contribution < 1.29 is 17.6 Å². The largest absolute Gasteiger partial charge is 0.463 e. The molecule has 4 heterocycles. The second-order valence-electron chi connectivity index (χ2n) is 8.49. The lowest BCUT2D eigenvalue weighted by atomic mass is 10.2. The maximum Gasteiger partial charge on any atom is 0.243 e. The van der Waals surface area contributed by atoms with Crippen LogP contribution >= 0.6 is 27.3 Å². The van der Waals surface area contributed by atoms with Gasteiger partial charge >= 0.3 is 0 Å². The van der Waals surface area contributed by atoms with Gasteiger partial charge in [-0.05, 0) is 54.6 Å². The van der Waals surface area contributed by atoms with Crippen molar-refractivity contribution in [3.8, 4) is 11.5 Å². The third-order valence-electron chi connectivity index (χ3n) is 6.12. The number of benzene rings is 2. The zero-order valence-electron chi connectivity index (χ0n) is 20.0. The van der Waals surface area contributed by atoms with E-state index in [1.807, 2.05) is 41.9 Å². The van der Waals surface area contributed by atoms with Gasteiger partial charge in [-0.2, -0.15) is 9.41 Å². The number of hydrogen-bond donors (Lipinski definition) is 1. The Morgan fingerprint density at radius 1 is 1.08 bits per heavy atom. The molecule has 0 amide bonds. The highest BCUT2D eigenvalue weighted by atomic mass is 79.9. The molecule has 0 bridgehead atoms. The standard InChI is InChI=1S/C26H22BrN5O4S2/c27-19-3-8-23-22(14-19)18(15-28-23)16-29-32-24(25-2-1-11-36-25)17-37-26(32)30-20-4-6-21(7-5-20)38(33,34)31-9-12-35-13-10-31/h1-8,11,14-17,28H,9-10,12-13H2. The van der Waals surface area contributed by atoms with Crippen LogP contribution in [-0.4, -0.2) is 54.9 Å². The number of nitrogens with zero attached hydrogens (tertiary/aromatic N) is 4. The predicted molar refractivity (Wildman–Crippen MR) is 150 cm³/mol. The zero-order valence-corrected chi connectivity index (χ0v) is 23.2. The molecule has 9 nitrogen and oxygen atoms in total. The highest BCUT2D eigenvalue weighted by molar-refractivity contribution is 9.10. The highest BCUT2D eigenvalue weighted by Gasteiger charge is 2.26. The van der Waals surface area contributed by atoms with Crippen LogP contribution in [0.1, 0.15) is 5.56 Å². The molecule has 0 aliphatic carbocycles. The van der Waals surface area contributed by atoms with Crippen LogP contribution in [0, 0.1) is 0 Å². The molecular formula is C26H22BrN5O4S2. The fourth-order valence-electron chi connectivity index (χ4n) is 4.16. The Morgan fingerprint density at radius 2 is 1.89 bits per heavy atom. The lowest BCUT2D eigenvalue weighted by Gasteiger charge is -2.26. The van der Waals surface area contributed by atoms with Crippen LogP contribution in [0.4, 0.5) is 5.69 Å². The molecule has 5 aromatic rings. The number of furan rings is 1. The maximum absolute atomic E-state index is 13.0. The van der Waals surface area contributed by atoms with Gasteiger partial charge in [-0.1, -0.05) is 15.9 Å². The average molecular weight is 613 g/mol. The number of aromatic amines is 1. The first-order valence-electron chi connectivity index (χ1n) is 11.8. The summed E-state index contributed by atoms with van der Waals surface area (Å²) >= 11 is 4.94. The maximum atomic E-state index is 13.0. The first-order valence-corrected chi connectivity index (χ1v) is 14.9. The molecule has 1 saturated heterocycles. The normalized spacial score (nSPS) is 15.7. The number of ether oxygens (including phenoxy) is 1. The molecule has 12 heteroatoms. The molecular weight excluding hydrogens is 590 g/mol. The van der Waals surface area contributed by atoms with Crippen molar-refractivity contribution in [2.24, 2.45) is 10.1 Å². The topological polar surface area (TPSA) is 105 Å². The first-order chi connectivity index (χ1) is 18.5. The third kappa shape index (κ3) is 4.93. The lowest BCUT2D eigenvalue weighted by molar-refractivity contribution is 0.0730. The summed E-state index contributed by atoms with van der Waals surface area (Å²) in [7, 11) is -3.57. The third-order valence-corrected chi connectivity index (χ3v) is 9.34. The van der Waals surface area contributed by atoms with Gasteiger partial charge in [-0.3, -0.25) is 0 Å². The van der Waals surface area contributed by atoms with Gasteiger partial charge in [0.05, 0.1) is 36.3 Å². The Labute approximate surface area is 230 Å². The second-order valence-corrected chi connectivity index (χ2v) is 12.2. The van der Waals surface area contributed by atoms with E-state index in [0.29, 0.717) is 42.6 Å². The Hall–Kier alpha value is -3.29. The SMILES string of the molecule is O=S(=O)(c1ccc(N=c2scc(-c3ccco3)n2N=Cc2c[nH]c3ccc(Br)cc23)cc1)N1CCOCC1. The van der Waals surface area contributed by atoms with Crippen molar-refractivity contribution in [2.45, 2.75) is 4.90 Å². The number of sulfonamides is 1. The number of hydrogen-bond acceptors (Lipinski definition) is 7. The molecule has 194 valence electrons. The Bertz CT molecular complexity index is 1780. The molecule has 38 heavy (non-hydrogen) atoms. The number of H-pyrrole nitrogens is 1. The minimum Gasteiger partial charge on any atom is -0.463 e. The molecule has 1 aliphatic rings. The van der Waals surface area contributed by atoms with Crippen LogP contribution in [0.2, 0.25) is 0 Å². The number of aromatic nitrogens is 2. The summed E-state index contributed by atoms with van der Waals surface area (Å²) in [4.78, 5) is 8.87. The van der Waals surface area contributed by atoms with E-state index in [0.717, 1.165) is 26.6 Å². The van der Waals surface area contributed by atoms with Gasteiger partial charge < -0.3 is 14.1 Å². The molecule has 2 aromatic carbocycles. The molecule has 0 saturated carbocycles. The molecule has 1 fully saturated rings. The minimum absolute atomic E-state index is 0.234. The highest BCUT2D eigenvalue weighted by Crippen LogP contribution is 2.25. The van der Waals surface area contributed by atoms with E-state index >= 15 is 0 Å². The number of nitrogens with one attached hydrogen (secondary N) is 1. The van der Waals surface area contributed by atoms with Crippen molar-refractivity contribution in [3.63, 3.8) is 0 Å². The summed E-state index contributed by atoms with van der Waals surface area (Å²) < 4.78 is 41.0. The summed E-state index contributed by atoms with van der Waals surface area (Å²) in [6.07, 6.45) is 5.30. The second kappa shape index (κ2) is 10.5. The zero-order chi connectivity index (χ0) is 26.1. The van der Waals surface area contributed by atoms with Gasteiger partial charge in [-0.15, -0.1) is 11.3 Å². The van der Waals surface area contributed by atoms with Crippen molar-refractivity contribution in [3.05, 3.63) is 87.3 Å². The smallest absolute Gasteiger partial charge is 0.243 e. The van der Waals surface area contributed by atoms with Crippen molar-refractivity contribution in [1.29, 1.82) is 0 Å². The Balaban J connectivity index is 1.37. The van der Waals surface area contributed by atoms with Crippen molar-refractivity contribution >= 4 is 60.1 Å². The molecule has 1 N–H and O–H groups in total. The van der Waals surface area contributed by atoms with Gasteiger partial charge in [0.1, 0.15) is 5.69 Å². The molecule has 6 rings (SSSR count). The number of fused-ring (bicyclic) bond motifs is 1. The number of morpholine rings is 1. The molecule has 0 spiro atoms. The van der Waals surface area contributed by atoms with E-state index in [1.165, 1.54) is 15.6 Å². The molecule has 0 unspecified atom stereocenters. The fourth-order valence-corrected chi connectivity index (χ4v) is 6.77. The number of rotatable bonds is 6. The minimum atomic E-state index is -3.57. The summed E-state index contributed by atoms with van der Waals surface area (Å²) in [5.41, 5.74) is 3.29. The number of halogens is 1. The van der Waals surface area contributed by atoms with Gasteiger partial charge in [0.2, 0.25) is 14.8 Å². The summed E-state index contributed by atoms with van der Waals surface area (Å²) in [5.74, 6) is 0.661. The molecule has 1 aliphatic heterocycles. The van der Waals surface area contributed by atoms with E-state index < -0.39 is 10.0 Å². The lowest BCUT2D eigenvalue weighted by Crippen LogP contribution is -2.40. The van der Waals surface area contributed by atoms with Gasteiger partial charge in [0.15, 0.2) is 5.76 Å². The van der Waals surface area contributed by atoms with Crippen LogP contribution in [0.3, 0.4) is 0 Å². The van der Waals surface area contributed by atoms with Gasteiger partial charge in [0, 0.05) is 45.6 Å². The van der Waals surface area contributed by atoms with Crippen LogP contribution in [0.15, 0.2) is 96.3 Å². The van der Waals surface area contributed by atoms with E-state index in [9.17, 15) is 8.42 Å². The number of thiazole rings is 1. The monoisotopic (exact) mass is 611 g/mol. The van der Waals surface area contributed by atoms with E-state index in [1.54, 1.807) is 41.4 Å². The molecule has 3 aromatic heterocycles. The van der Waals surface area contributed by atoms with Crippen molar-refractivity contribution in [2.75, 3.05) is 26.3 Å². The predicted octanol–water partition coefficient (Wildman–Crippen LogP) is 5.19. The van der Waals surface area contributed by atoms with Crippen LogP contribution in [0.5, 0.6) is 0 Å². The van der Waals surface area contributed by atoms with Crippen LogP contribution in [0.25, 0.3) is 22.4 Å². The van der Waals surface area contributed by atoms with Gasteiger partial charge in [-0.25, -0.2) is 18.1 Å². The summed E-state index contributed by atoms with van der Waals surface area (Å²) in [5, 5.41) is 7.72. The van der Waals surface area contributed by atoms with Crippen LogP contribution in [-0.2, 0) is 14.8 Å². The average Bonchev–Trinajstić information content (AvgIpc) is 3.69. The Kier molecular flexibility index (Phi) is 6.89. The fraction of sp³-hybridized carbons (Fsp3) is 0.154. The van der Waals surface area contributed by atoms with E-state index in [-0.39, 0.29) is 4.90 Å². The summed E-state index contributed by atoms with van der Waals surface area (Å²) in [6.45, 7) is 1.51. The first kappa shape index (κ1) is 25.0. The Morgan fingerprint density at radius 3 is 2.66 bits per heavy atom.